The number of carbonyl (C=O) groups excluding carboxylic acids is 1. The van der Waals surface area contributed by atoms with Gasteiger partial charge in [-0.2, -0.15) is 0 Å². The van der Waals surface area contributed by atoms with Gasteiger partial charge in [0, 0.05) is 38.6 Å². The average Bonchev–Trinajstić information content (AvgIpc) is 2.80. The Bertz CT molecular complexity index is 423. The third-order valence-corrected chi connectivity index (χ3v) is 3.13. The fraction of sp³-hybridized carbons (Fsp3) is 0.462. The molecule has 0 bridgehead atoms. The first kappa shape index (κ1) is 11.8. The molecule has 0 unspecified atom stereocenters. The summed E-state index contributed by atoms with van der Waals surface area (Å²) in [6.45, 7) is 1.72. The zero-order valence-electron chi connectivity index (χ0n) is 10.4. The van der Waals surface area contributed by atoms with Crippen LogP contribution in [0.25, 0.3) is 0 Å². The monoisotopic (exact) mass is 233 g/mol. The predicted octanol–water partition coefficient (Wildman–Crippen LogP) is 1.57. The van der Waals surface area contributed by atoms with Gasteiger partial charge in [0.15, 0.2) is 0 Å². The molecule has 92 valence electrons. The molecule has 4 nitrogen and oxygen atoms in total. The maximum absolute atomic E-state index is 12.4. The van der Waals surface area contributed by atoms with E-state index in [0.717, 1.165) is 31.6 Å². The smallest absolute Gasteiger partial charge is 0.256 e. The minimum absolute atomic E-state index is 0.0958. The van der Waals surface area contributed by atoms with E-state index >= 15 is 0 Å². The van der Waals surface area contributed by atoms with Gasteiger partial charge < -0.3 is 15.5 Å². The van der Waals surface area contributed by atoms with E-state index < -0.39 is 0 Å². The van der Waals surface area contributed by atoms with E-state index in [1.165, 1.54) is 0 Å². The number of nitrogen functional groups attached to an aromatic ring is 1. The van der Waals surface area contributed by atoms with Crippen molar-refractivity contribution in [3.05, 3.63) is 23.8 Å². The number of hydrogen-bond donors (Lipinski definition) is 1. The van der Waals surface area contributed by atoms with Gasteiger partial charge in [-0.25, -0.2) is 0 Å². The van der Waals surface area contributed by atoms with E-state index in [1.807, 2.05) is 36.0 Å². The number of likely N-dealkylation sites (tertiary alicyclic amines) is 1. The fourth-order valence-electron chi connectivity index (χ4n) is 2.21. The Hall–Kier alpha value is -1.71. The summed E-state index contributed by atoms with van der Waals surface area (Å²) in [4.78, 5) is 16.2. The fourth-order valence-corrected chi connectivity index (χ4v) is 2.21. The van der Waals surface area contributed by atoms with Crippen LogP contribution in [0, 0.1) is 0 Å². The van der Waals surface area contributed by atoms with Crippen molar-refractivity contribution in [3.63, 3.8) is 0 Å². The summed E-state index contributed by atoms with van der Waals surface area (Å²) in [5.41, 5.74) is 8.04. The number of anilines is 2. The molecule has 1 saturated heterocycles. The van der Waals surface area contributed by atoms with Crippen LogP contribution in [0.5, 0.6) is 0 Å². The first-order chi connectivity index (χ1) is 8.09. The van der Waals surface area contributed by atoms with E-state index in [2.05, 4.69) is 0 Å². The Balaban J connectivity index is 2.35. The molecular weight excluding hydrogens is 214 g/mol. The molecule has 0 radical (unpaired) electrons. The summed E-state index contributed by atoms with van der Waals surface area (Å²) in [5, 5.41) is 0. The lowest BCUT2D eigenvalue weighted by Crippen LogP contribution is -2.29. The molecule has 0 atom stereocenters. The second-order valence-corrected chi connectivity index (χ2v) is 4.67. The molecule has 17 heavy (non-hydrogen) atoms. The standard InChI is InChI=1S/C13H19N3O/c1-15(2)12-6-5-10(14)9-11(12)13(17)16-7-3-4-8-16/h5-6,9H,3-4,7-8,14H2,1-2H3. The van der Waals surface area contributed by atoms with E-state index in [9.17, 15) is 4.79 Å². The first-order valence-electron chi connectivity index (χ1n) is 5.95. The average molecular weight is 233 g/mol. The van der Waals surface area contributed by atoms with Crippen LogP contribution in [0.3, 0.4) is 0 Å². The predicted molar refractivity (Wildman–Crippen MR) is 70.3 cm³/mol. The molecule has 1 amide bonds. The van der Waals surface area contributed by atoms with Crippen molar-refractivity contribution in [2.75, 3.05) is 37.8 Å². The van der Waals surface area contributed by atoms with Gasteiger partial charge in [-0.3, -0.25) is 4.79 Å². The van der Waals surface area contributed by atoms with Gasteiger partial charge in [-0.1, -0.05) is 0 Å². The number of rotatable bonds is 2. The van der Waals surface area contributed by atoms with Crippen LogP contribution in [-0.2, 0) is 0 Å². The molecule has 1 aliphatic heterocycles. The maximum Gasteiger partial charge on any atom is 0.256 e. The number of carbonyl (C=O) groups is 1. The highest BCUT2D eigenvalue weighted by molar-refractivity contribution is 6.00. The summed E-state index contributed by atoms with van der Waals surface area (Å²) < 4.78 is 0. The molecule has 0 spiro atoms. The van der Waals surface area contributed by atoms with Crippen molar-refractivity contribution in [1.29, 1.82) is 0 Å². The molecule has 0 saturated carbocycles. The van der Waals surface area contributed by atoms with Gasteiger partial charge in [0.1, 0.15) is 0 Å². The van der Waals surface area contributed by atoms with Crippen LogP contribution in [0.15, 0.2) is 18.2 Å². The van der Waals surface area contributed by atoms with Crippen LogP contribution in [0.2, 0.25) is 0 Å². The Morgan fingerprint density at radius 3 is 2.53 bits per heavy atom. The summed E-state index contributed by atoms with van der Waals surface area (Å²) >= 11 is 0. The van der Waals surface area contributed by atoms with Crippen LogP contribution < -0.4 is 10.6 Å². The van der Waals surface area contributed by atoms with Crippen molar-refractivity contribution < 1.29 is 4.79 Å². The lowest BCUT2D eigenvalue weighted by molar-refractivity contribution is 0.0793. The van der Waals surface area contributed by atoms with Crippen molar-refractivity contribution >= 4 is 17.3 Å². The molecule has 1 fully saturated rings. The van der Waals surface area contributed by atoms with E-state index in [0.29, 0.717) is 11.3 Å². The van der Waals surface area contributed by atoms with Gasteiger partial charge in [0.05, 0.1) is 5.56 Å². The first-order valence-corrected chi connectivity index (χ1v) is 5.95. The highest BCUT2D eigenvalue weighted by atomic mass is 16.2. The minimum atomic E-state index is 0.0958. The van der Waals surface area contributed by atoms with E-state index in [4.69, 9.17) is 5.73 Å². The van der Waals surface area contributed by atoms with Crippen LogP contribution in [0.1, 0.15) is 23.2 Å². The number of nitrogens with zero attached hydrogens (tertiary/aromatic N) is 2. The largest absolute Gasteiger partial charge is 0.399 e. The third-order valence-electron chi connectivity index (χ3n) is 3.13. The second kappa shape index (κ2) is 4.65. The van der Waals surface area contributed by atoms with Crippen molar-refractivity contribution in [2.45, 2.75) is 12.8 Å². The van der Waals surface area contributed by atoms with Gasteiger partial charge in [-0.15, -0.1) is 0 Å². The van der Waals surface area contributed by atoms with E-state index in [-0.39, 0.29) is 5.91 Å². The molecule has 2 rings (SSSR count). The second-order valence-electron chi connectivity index (χ2n) is 4.67. The number of hydrogen-bond acceptors (Lipinski definition) is 3. The Morgan fingerprint density at radius 2 is 1.94 bits per heavy atom. The lowest BCUT2D eigenvalue weighted by atomic mass is 10.1. The molecule has 1 heterocycles. The molecule has 4 heteroatoms. The van der Waals surface area contributed by atoms with Crippen LogP contribution in [0.4, 0.5) is 11.4 Å². The van der Waals surface area contributed by atoms with Crippen molar-refractivity contribution in [2.24, 2.45) is 0 Å². The van der Waals surface area contributed by atoms with E-state index in [1.54, 1.807) is 6.07 Å². The Labute approximate surface area is 102 Å². The number of nitrogens with two attached hydrogens (primary N) is 1. The zero-order valence-corrected chi connectivity index (χ0v) is 10.4. The quantitative estimate of drug-likeness (QED) is 0.789. The topological polar surface area (TPSA) is 49.6 Å². The van der Waals surface area contributed by atoms with Gasteiger partial charge in [-0.05, 0) is 31.0 Å². The molecular formula is C13H19N3O. The molecule has 0 aromatic heterocycles. The third kappa shape index (κ3) is 2.35. The molecule has 2 N–H and O–H groups in total. The van der Waals surface area contributed by atoms with Crippen molar-refractivity contribution in [3.8, 4) is 0 Å². The molecule has 1 aliphatic rings. The lowest BCUT2D eigenvalue weighted by Gasteiger charge is -2.21. The minimum Gasteiger partial charge on any atom is -0.399 e. The Morgan fingerprint density at radius 1 is 1.29 bits per heavy atom. The highest BCUT2D eigenvalue weighted by Crippen LogP contribution is 2.24. The van der Waals surface area contributed by atoms with Crippen LogP contribution >= 0.6 is 0 Å². The maximum atomic E-state index is 12.4. The number of benzene rings is 1. The van der Waals surface area contributed by atoms with Gasteiger partial charge in [0.2, 0.25) is 0 Å². The highest BCUT2D eigenvalue weighted by Gasteiger charge is 2.22. The van der Waals surface area contributed by atoms with Crippen molar-refractivity contribution in [1.82, 2.24) is 4.90 Å². The normalized spacial score (nSPS) is 15.1. The summed E-state index contributed by atoms with van der Waals surface area (Å²) in [5.74, 6) is 0.0958. The molecule has 1 aromatic carbocycles. The molecule has 0 aliphatic carbocycles. The molecule has 1 aromatic rings. The summed E-state index contributed by atoms with van der Waals surface area (Å²) in [6, 6.07) is 5.50. The zero-order chi connectivity index (χ0) is 12.4. The van der Waals surface area contributed by atoms with Crippen LogP contribution in [-0.4, -0.2) is 38.0 Å². The summed E-state index contributed by atoms with van der Waals surface area (Å²) in [6.07, 6.45) is 2.21. The van der Waals surface area contributed by atoms with Gasteiger partial charge >= 0.3 is 0 Å². The summed E-state index contributed by atoms with van der Waals surface area (Å²) in [7, 11) is 3.87. The number of amides is 1. The Kier molecular flexibility index (Phi) is 3.22. The SMILES string of the molecule is CN(C)c1ccc(N)cc1C(=O)N1CCCC1. The van der Waals surface area contributed by atoms with Gasteiger partial charge in [0.25, 0.3) is 5.91 Å².